The fraction of sp³-hybridized carbons (Fsp3) is 0.100. The molecule has 2 aromatic heterocycles. The van der Waals surface area contributed by atoms with Gasteiger partial charge in [-0.2, -0.15) is 0 Å². The van der Waals surface area contributed by atoms with Gasteiger partial charge < -0.3 is 18.6 Å². The first kappa shape index (κ1) is 37.9. The number of rotatable bonds is 8. The Balaban J connectivity index is 1.14. The van der Waals surface area contributed by atoms with Crippen molar-refractivity contribution in [3.63, 3.8) is 0 Å². The summed E-state index contributed by atoms with van der Waals surface area (Å²) in [6.45, 7) is 8.98. The van der Waals surface area contributed by atoms with Crippen molar-refractivity contribution in [2.75, 3.05) is 9.80 Å². The van der Waals surface area contributed by atoms with E-state index in [0.29, 0.717) is 11.8 Å². The molecule has 0 bridgehead atoms. The minimum atomic E-state index is 0.412. The third-order valence-electron chi connectivity index (χ3n) is 13.2. The summed E-state index contributed by atoms with van der Waals surface area (Å²) in [4.78, 5) is 4.79. The largest absolute Gasteiger partial charge is 0.454 e. The molecule has 0 fully saturated rings. The summed E-state index contributed by atoms with van der Waals surface area (Å²) in [6, 6.07) is 70.4. The summed E-state index contributed by atoms with van der Waals surface area (Å²) in [5.41, 5.74) is 12.4. The number of hydrogen-bond acceptors (Lipinski definition) is 4. The Labute approximate surface area is 372 Å². The topological polar surface area (TPSA) is 32.8 Å². The van der Waals surface area contributed by atoms with Gasteiger partial charge in [-0.05, 0) is 105 Å². The third kappa shape index (κ3) is 5.97. The first-order chi connectivity index (χ1) is 31.4. The van der Waals surface area contributed by atoms with E-state index in [0.717, 1.165) is 88.8 Å². The van der Waals surface area contributed by atoms with Crippen molar-refractivity contribution in [3.8, 4) is 0 Å². The van der Waals surface area contributed by atoms with Crippen LogP contribution in [0.15, 0.2) is 203 Å². The van der Waals surface area contributed by atoms with Gasteiger partial charge in [-0.1, -0.05) is 161 Å². The molecular formula is C60H46N2O2. The Kier molecular flexibility index (Phi) is 8.84. The first-order valence-electron chi connectivity index (χ1n) is 22.4. The second-order valence-corrected chi connectivity index (χ2v) is 17.6. The zero-order chi connectivity index (χ0) is 43.1. The van der Waals surface area contributed by atoms with E-state index in [4.69, 9.17) is 8.83 Å². The molecular weight excluding hydrogens is 781 g/mol. The highest BCUT2D eigenvalue weighted by atomic mass is 16.3. The number of furan rings is 2. The second kappa shape index (κ2) is 14.9. The molecule has 2 heterocycles. The minimum absolute atomic E-state index is 0.412. The average Bonchev–Trinajstić information content (AvgIpc) is 3.92. The summed E-state index contributed by atoms with van der Waals surface area (Å²) in [5.74, 6) is 0.829. The van der Waals surface area contributed by atoms with E-state index < -0.39 is 0 Å². The van der Waals surface area contributed by atoms with Crippen molar-refractivity contribution in [3.05, 3.63) is 205 Å². The number of benzene rings is 10. The molecule has 0 unspecified atom stereocenters. The summed E-state index contributed by atoms with van der Waals surface area (Å²) >= 11 is 0. The summed E-state index contributed by atoms with van der Waals surface area (Å²) in [5, 5.41) is 11.4. The van der Waals surface area contributed by atoms with Gasteiger partial charge in [0.15, 0.2) is 11.2 Å². The van der Waals surface area contributed by atoms with E-state index in [2.05, 4.69) is 219 Å². The van der Waals surface area contributed by atoms with E-state index in [-0.39, 0.29) is 0 Å². The van der Waals surface area contributed by atoms with Gasteiger partial charge in [0.05, 0.1) is 22.7 Å². The SMILES string of the molecule is CC(C)c1ccc(N(c2cc3c4cccc(N(c5ccc(C(C)C)cc5)c5cccc6c5oc5ccccc56)c4ccc3c3ccccc23)c2cccc3c2oc2ccccc23)cc1. The number of hydrogen-bond donors (Lipinski definition) is 0. The van der Waals surface area contributed by atoms with Gasteiger partial charge >= 0.3 is 0 Å². The lowest BCUT2D eigenvalue weighted by Gasteiger charge is -2.29. The smallest absolute Gasteiger partial charge is 0.159 e. The van der Waals surface area contributed by atoms with Crippen LogP contribution >= 0.6 is 0 Å². The van der Waals surface area contributed by atoms with Crippen LogP contribution in [-0.2, 0) is 0 Å². The van der Waals surface area contributed by atoms with Crippen LogP contribution in [0.4, 0.5) is 34.1 Å². The molecule has 0 aliphatic carbocycles. The molecule has 308 valence electrons. The van der Waals surface area contributed by atoms with Crippen LogP contribution in [0.5, 0.6) is 0 Å². The lowest BCUT2D eigenvalue weighted by Crippen LogP contribution is -2.12. The highest BCUT2D eigenvalue weighted by molar-refractivity contribution is 6.24. The first-order valence-corrected chi connectivity index (χ1v) is 22.4. The molecule has 12 aromatic rings. The van der Waals surface area contributed by atoms with Gasteiger partial charge in [-0.3, -0.25) is 0 Å². The Morgan fingerprint density at radius 3 is 1.20 bits per heavy atom. The molecule has 0 spiro atoms. The van der Waals surface area contributed by atoms with Gasteiger partial charge in [0.25, 0.3) is 0 Å². The Hall–Kier alpha value is -7.82. The predicted molar refractivity (Wildman–Crippen MR) is 271 cm³/mol. The quantitative estimate of drug-likeness (QED) is 0.143. The van der Waals surface area contributed by atoms with Crippen LogP contribution in [0.2, 0.25) is 0 Å². The minimum Gasteiger partial charge on any atom is -0.454 e. The highest BCUT2D eigenvalue weighted by Gasteiger charge is 2.25. The molecule has 0 saturated carbocycles. The van der Waals surface area contributed by atoms with Crippen molar-refractivity contribution in [2.24, 2.45) is 0 Å². The number of nitrogens with zero attached hydrogens (tertiary/aromatic N) is 2. The maximum atomic E-state index is 6.78. The average molecular weight is 827 g/mol. The van der Waals surface area contributed by atoms with Crippen LogP contribution in [0.1, 0.15) is 50.7 Å². The van der Waals surface area contributed by atoms with E-state index in [1.54, 1.807) is 0 Å². The zero-order valence-corrected chi connectivity index (χ0v) is 36.3. The molecule has 10 aromatic carbocycles. The van der Waals surface area contributed by atoms with Crippen molar-refractivity contribution in [2.45, 2.75) is 39.5 Å². The lowest BCUT2D eigenvalue weighted by atomic mass is 9.94. The summed E-state index contributed by atoms with van der Waals surface area (Å²) in [7, 11) is 0. The molecule has 0 N–H and O–H groups in total. The van der Waals surface area contributed by atoms with Crippen molar-refractivity contribution >= 4 is 110 Å². The van der Waals surface area contributed by atoms with Crippen molar-refractivity contribution in [1.82, 2.24) is 0 Å². The second-order valence-electron chi connectivity index (χ2n) is 17.6. The maximum Gasteiger partial charge on any atom is 0.159 e. The zero-order valence-electron chi connectivity index (χ0n) is 36.3. The van der Waals surface area contributed by atoms with Gasteiger partial charge in [0, 0.05) is 43.7 Å². The van der Waals surface area contributed by atoms with Crippen LogP contribution in [0, 0.1) is 0 Å². The predicted octanol–water partition coefficient (Wildman–Crippen LogP) is 18.1. The molecule has 0 aliphatic heterocycles. The Morgan fingerprint density at radius 2 is 0.672 bits per heavy atom. The molecule has 0 saturated heterocycles. The fourth-order valence-corrected chi connectivity index (χ4v) is 9.94. The fourth-order valence-electron chi connectivity index (χ4n) is 9.94. The molecule has 64 heavy (non-hydrogen) atoms. The normalized spacial score (nSPS) is 12.0. The Bertz CT molecular complexity index is 3740. The van der Waals surface area contributed by atoms with Crippen molar-refractivity contribution < 1.29 is 8.83 Å². The van der Waals surface area contributed by atoms with Gasteiger partial charge in [-0.15, -0.1) is 0 Å². The number of para-hydroxylation sites is 4. The van der Waals surface area contributed by atoms with E-state index in [1.165, 1.54) is 32.7 Å². The van der Waals surface area contributed by atoms with Crippen LogP contribution in [0.3, 0.4) is 0 Å². The van der Waals surface area contributed by atoms with Crippen LogP contribution in [-0.4, -0.2) is 0 Å². The van der Waals surface area contributed by atoms with Crippen molar-refractivity contribution in [1.29, 1.82) is 0 Å². The molecule has 0 radical (unpaired) electrons. The molecule has 0 atom stereocenters. The standard InChI is InChI=1S/C60H46N2O2/c1-37(2)39-26-30-41(31-27-39)61(54-22-12-19-50-48-16-7-9-24-57(48)63-59(50)54)53-21-11-18-44-47(53)35-34-45-43-14-5-6-15-46(43)56(36-52(44)45)62(42-32-28-40(29-33-42)38(3)4)55-23-13-20-51-49-17-8-10-25-58(49)64-60(51)55/h5-38H,1-4H3. The lowest BCUT2D eigenvalue weighted by molar-refractivity contribution is 0.669. The van der Waals surface area contributed by atoms with Gasteiger partial charge in [0.1, 0.15) is 11.2 Å². The maximum absolute atomic E-state index is 6.78. The molecule has 4 heteroatoms. The number of anilines is 6. The van der Waals surface area contributed by atoms with E-state index in [9.17, 15) is 0 Å². The monoisotopic (exact) mass is 826 g/mol. The molecule has 12 rings (SSSR count). The molecule has 0 amide bonds. The van der Waals surface area contributed by atoms with Gasteiger partial charge in [0.2, 0.25) is 0 Å². The van der Waals surface area contributed by atoms with E-state index in [1.807, 2.05) is 12.1 Å². The highest BCUT2D eigenvalue weighted by Crippen LogP contribution is 2.49. The number of fused-ring (bicyclic) bond motifs is 11. The third-order valence-corrected chi connectivity index (χ3v) is 13.2. The Morgan fingerprint density at radius 1 is 0.297 bits per heavy atom. The van der Waals surface area contributed by atoms with Gasteiger partial charge in [-0.25, -0.2) is 0 Å². The summed E-state index contributed by atoms with van der Waals surface area (Å²) < 4.78 is 13.5. The van der Waals surface area contributed by atoms with Crippen LogP contribution < -0.4 is 9.80 Å². The summed E-state index contributed by atoms with van der Waals surface area (Å²) in [6.07, 6.45) is 0. The van der Waals surface area contributed by atoms with Crippen LogP contribution in [0.25, 0.3) is 76.2 Å². The van der Waals surface area contributed by atoms with E-state index >= 15 is 0 Å². The molecule has 0 aliphatic rings. The molecule has 4 nitrogen and oxygen atoms in total.